The Labute approximate surface area is 407 Å². The van der Waals surface area contributed by atoms with Gasteiger partial charge in [-0.25, -0.2) is 0 Å². The second-order valence-corrected chi connectivity index (χ2v) is 19.9. The van der Waals surface area contributed by atoms with Crippen LogP contribution in [0.25, 0.3) is 0 Å². The van der Waals surface area contributed by atoms with Crippen molar-refractivity contribution in [3.63, 3.8) is 0 Å². The van der Waals surface area contributed by atoms with E-state index in [9.17, 15) is 29.7 Å². The molecule has 0 bridgehead atoms. The second-order valence-electron chi connectivity index (χ2n) is 19.9. The van der Waals surface area contributed by atoms with E-state index in [4.69, 9.17) is 14.2 Å². The van der Waals surface area contributed by atoms with Gasteiger partial charge in [0.15, 0.2) is 12.7 Å². The van der Waals surface area contributed by atoms with Gasteiger partial charge < -0.3 is 29.5 Å². The zero-order valence-electron chi connectivity index (χ0n) is 43.7. The van der Waals surface area contributed by atoms with E-state index in [1.165, 1.54) is 103 Å². The number of carbonyl (C=O) groups is 3. The normalized spacial score (nSPS) is 13.4. The first-order valence-corrected chi connectivity index (χ1v) is 28.6. The van der Waals surface area contributed by atoms with Crippen molar-refractivity contribution in [1.82, 2.24) is 0 Å². The summed E-state index contributed by atoms with van der Waals surface area (Å²) in [6.07, 6.45) is 45.1. The zero-order chi connectivity index (χ0) is 48.4. The standard InChI is InChI=1S/C57H109O9/c1-4-7-10-31-40-51(58)43-34-25-19-13-16-22-28-37-46-55(61)64-49-54(66-57(63)48-39-30-24-18-15-21-27-36-45-53(60)42-33-12-9-6-3)50-65-56(62)47-38-29-23-17-14-20-26-35-44-52(59)41-32-11-8-5-2/h49,51-54,58-60H,4-48,50H2,1-3H3. The quantitative estimate of drug-likeness (QED) is 0.0309. The summed E-state index contributed by atoms with van der Waals surface area (Å²) in [5.74, 6) is -1.09. The fraction of sp³-hybridized carbons (Fsp3) is 0.930. The smallest absolute Gasteiger partial charge is 0.306 e. The Kier molecular flexibility index (Phi) is 49.8. The topological polar surface area (TPSA) is 140 Å². The lowest BCUT2D eigenvalue weighted by atomic mass is 10.0. The Morgan fingerprint density at radius 2 is 0.606 bits per heavy atom. The first-order chi connectivity index (χ1) is 32.2. The molecule has 0 rings (SSSR count). The van der Waals surface area contributed by atoms with E-state index in [1.54, 1.807) is 0 Å². The van der Waals surface area contributed by atoms with Crippen molar-refractivity contribution in [1.29, 1.82) is 0 Å². The Hall–Kier alpha value is -1.71. The van der Waals surface area contributed by atoms with Crippen molar-refractivity contribution in [2.24, 2.45) is 0 Å². The van der Waals surface area contributed by atoms with Crippen LogP contribution < -0.4 is 0 Å². The van der Waals surface area contributed by atoms with Crippen molar-refractivity contribution >= 4 is 17.9 Å². The Morgan fingerprint density at radius 3 is 0.924 bits per heavy atom. The van der Waals surface area contributed by atoms with Crippen LogP contribution in [0.5, 0.6) is 0 Å². The van der Waals surface area contributed by atoms with Gasteiger partial charge in [0.1, 0.15) is 6.61 Å². The van der Waals surface area contributed by atoms with Gasteiger partial charge in [-0.2, -0.15) is 0 Å². The van der Waals surface area contributed by atoms with Crippen LogP contribution in [0.3, 0.4) is 0 Å². The molecule has 1 radical (unpaired) electrons. The molecule has 0 saturated heterocycles. The van der Waals surface area contributed by atoms with Crippen molar-refractivity contribution in [3.8, 4) is 0 Å². The first kappa shape index (κ1) is 64.3. The van der Waals surface area contributed by atoms with E-state index in [2.05, 4.69) is 20.8 Å². The highest BCUT2D eigenvalue weighted by Gasteiger charge is 2.20. The maximum absolute atomic E-state index is 12.8. The number of esters is 3. The third-order valence-corrected chi connectivity index (χ3v) is 13.2. The summed E-state index contributed by atoms with van der Waals surface area (Å²) in [6.45, 7) is 7.69. The van der Waals surface area contributed by atoms with Crippen LogP contribution in [-0.2, 0) is 28.6 Å². The lowest BCUT2D eigenvalue weighted by molar-refractivity contribution is -0.162. The summed E-state index contributed by atoms with van der Waals surface area (Å²) in [5.41, 5.74) is 0. The fourth-order valence-corrected chi connectivity index (χ4v) is 8.77. The molecule has 9 heteroatoms. The lowest BCUT2D eigenvalue weighted by Crippen LogP contribution is -2.27. The lowest BCUT2D eigenvalue weighted by Gasteiger charge is -2.17. The number of aliphatic hydroxyl groups is 3. The van der Waals surface area contributed by atoms with Gasteiger partial charge in [0.25, 0.3) is 0 Å². The van der Waals surface area contributed by atoms with Crippen molar-refractivity contribution in [2.45, 2.75) is 334 Å². The summed E-state index contributed by atoms with van der Waals surface area (Å²) in [5, 5.41) is 30.5. The second kappa shape index (κ2) is 51.1. The summed E-state index contributed by atoms with van der Waals surface area (Å²) in [4.78, 5) is 38.1. The van der Waals surface area contributed by atoms with Gasteiger partial charge in [0.2, 0.25) is 0 Å². The van der Waals surface area contributed by atoms with Crippen molar-refractivity contribution in [3.05, 3.63) is 6.61 Å². The molecule has 0 heterocycles. The van der Waals surface area contributed by atoms with Gasteiger partial charge in [-0.05, 0) is 57.8 Å². The van der Waals surface area contributed by atoms with Gasteiger partial charge in [0.05, 0.1) is 18.3 Å². The molecule has 3 N–H and O–H groups in total. The molecule has 0 aromatic carbocycles. The van der Waals surface area contributed by atoms with Crippen LogP contribution in [0.2, 0.25) is 0 Å². The van der Waals surface area contributed by atoms with E-state index in [0.29, 0.717) is 6.42 Å². The zero-order valence-corrected chi connectivity index (χ0v) is 43.7. The van der Waals surface area contributed by atoms with E-state index >= 15 is 0 Å². The average molecular weight is 938 g/mol. The molecule has 0 aliphatic heterocycles. The summed E-state index contributed by atoms with van der Waals surface area (Å²) >= 11 is 0. The highest BCUT2D eigenvalue weighted by Crippen LogP contribution is 2.18. The molecule has 0 aliphatic carbocycles. The van der Waals surface area contributed by atoms with Gasteiger partial charge in [-0.3, -0.25) is 14.4 Å². The molecule has 9 nitrogen and oxygen atoms in total. The molecule has 0 amide bonds. The van der Waals surface area contributed by atoms with Crippen molar-refractivity contribution in [2.75, 3.05) is 6.61 Å². The van der Waals surface area contributed by atoms with E-state index in [1.807, 2.05) is 0 Å². The molecule has 4 unspecified atom stereocenters. The van der Waals surface area contributed by atoms with Crippen LogP contribution in [0.1, 0.15) is 310 Å². The van der Waals surface area contributed by atoms with Crippen LogP contribution in [0.15, 0.2) is 0 Å². The number of hydrogen-bond acceptors (Lipinski definition) is 9. The molecule has 0 fully saturated rings. The number of aliphatic hydroxyl groups excluding tert-OH is 3. The monoisotopic (exact) mass is 938 g/mol. The van der Waals surface area contributed by atoms with E-state index in [0.717, 1.165) is 173 Å². The minimum Gasteiger partial charge on any atom is -0.462 e. The molecular weight excluding hydrogens is 829 g/mol. The minimum atomic E-state index is -0.940. The van der Waals surface area contributed by atoms with Crippen molar-refractivity contribution < 1.29 is 43.9 Å². The molecule has 0 saturated carbocycles. The van der Waals surface area contributed by atoms with Crippen LogP contribution in [0.4, 0.5) is 0 Å². The highest BCUT2D eigenvalue weighted by molar-refractivity contribution is 5.71. The van der Waals surface area contributed by atoms with Gasteiger partial charge in [-0.15, -0.1) is 0 Å². The molecular formula is C57H109O9. The number of rotatable bonds is 53. The average Bonchev–Trinajstić information content (AvgIpc) is 3.30. The van der Waals surface area contributed by atoms with E-state index < -0.39 is 6.10 Å². The van der Waals surface area contributed by atoms with Gasteiger partial charge >= 0.3 is 17.9 Å². The van der Waals surface area contributed by atoms with Gasteiger partial charge in [-0.1, -0.05) is 233 Å². The highest BCUT2D eigenvalue weighted by atomic mass is 16.6. The molecule has 0 aromatic heterocycles. The number of hydrogen-bond donors (Lipinski definition) is 3. The third kappa shape index (κ3) is 48.7. The number of ether oxygens (including phenoxy) is 3. The SMILES string of the molecule is CCCCCCC(O)CCCCCCCCCCC(=O)O[CH]C(COC(=O)CCCCCCCCCCC(O)CCCCCC)OC(=O)CCCCCCCCCCC(O)CCCCCC. The predicted octanol–water partition coefficient (Wildman–Crippen LogP) is 15.8. The summed E-state index contributed by atoms with van der Waals surface area (Å²) < 4.78 is 16.6. The molecule has 0 aliphatic rings. The minimum absolute atomic E-state index is 0.145. The molecule has 66 heavy (non-hydrogen) atoms. The molecule has 0 spiro atoms. The number of unbranched alkanes of at least 4 members (excludes halogenated alkanes) is 30. The van der Waals surface area contributed by atoms with E-state index in [-0.39, 0.29) is 55.7 Å². The Bertz CT molecular complexity index is 983. The fourth-order valence-electron chi connectivity index (χ4n) is 8.77. The molecule has 391 valence electrons. The van der Waals surface area contributed by atoms with Crippen LogP contribution >= 0.6 is 0 Å². The number of carbonyl (C=O) groups excluding carboxylic acids is 3. The Balaban J connectivity index is 4.41. The first-order valence-electron chi connectivity index (χ1n) is 28.6. The third-order valence-electron chi connectivity index (χ3n) is 13.2. The van der Waals surface area contributed by atoms with Crippen LogP contribution in [0, 0.1) is 6.61 Å². The molecule has 0 aromatic rings. The van der Waals surface area contributed by atoms with Crippen LogP contribution in [-0.4, -0.2) is 64.3 Å². The summed E-state index contributed by atoms with van der Waals surface area (Å²) in [6, 6.07) is 0. The molecule has 4 atom stereocenters. The van der Waals surface area contributed by atoms with Gasteiger partial charge in [0, 0.05) is 19.3 Å². The largest absolute Gasteiger partial charge is 0.462 e. The maximum atomic E-state index is 12.8. The predicted molar refractivity (Wildman–Crippen MR) is 274 cm³/mol. The maximum Gasteiger partial charge on any atom is 0.306 e. The summed E-state index contributed by atoms with van der Waals surface area (Å²) in [7, 11) is 0. The Morgan fingerprint density at radius 1 is 0.348 bits per heavy atom.